The molecule has 1 aromatic rings. The van der Waals surface area contributed by atoms with Crippen molar-refractivity contribution in [1.82, 2.24) is 9.78 Å². The number of ketones is 1. The molecule has 17 heavy (non-hydrogen) atoms. The van der Waals surface area contributed by atoms with Crippen molar-refractivity contribution in [3.63, 3.8) is 0 Å². The molecule has 2 rings (SSSR count). The summed E-state index contributed by atoms with van der Waals surface area (Å²) in [5, 5.41) is 4.16. The Kier molecular flexibility index (Phi) is 3.36. The first-order valence-electron chi connectivity index (χ1n) is 6.53. The fourth-order valence-corrected chi connectivity index (χ4v) is 2.75. The highest BCUT2D eigenvalue weighted by molar-refractivity contribution is 5.98. The lowest BCUT2D eigenvalue weighted by Gasteiger charge is -2.31. The Morgan fingerprint density at radius 1 is 1.35 bits per heavy atom. The first-order valence-corrected chi connectivity index (χ1v) is 6.53. The Morgan fingerprint density at radius 2 is 2.06 bits per heavy atom. The van der Waals surface area contributed by atoms with Crippen LogP contribution in [0.15, 0.2) is 6.20 Å². The monoisotopic (exact) mass is 234 g/mol. The normalized spacial score (nSPS) is 29.3. The maximum Gasteiger partial charge on any atom is 0.169 e. The molecule has 0 saturated heterocycles. The van der Waals surface area contributed by atoms with Gasteiger partial charge in [0, 0.05) is 18.7 Å². The molecule has 0 N–H and O–H groups in total. The summed E-state index contributed by atoms with van der Waals surface area (Å²) in [5.41, 5.74) is 1.81. The van der Waals surface area contributed by atoms with Gasteiger partial charge in [0.25, 0.3) is 0 Å². The van der Waals surface area contributed by atoms with Crippen molar-refractivity contribution in [2.45, 2.75) is 40.0 Å². The van der Waals surface area contributed by atoms with E-state index in [0.717, 1.165) is 30.0 Å². The van der Waals surface area contributed by atoms with Gasteiger partial charge in [0.1, 0.15) is 0 Å². The molecule has 3 atom stereocenters. The number of aryl methyl sites for hydroxylation is 1. The largest absolute Gasteiger partial charge is 0.294 e. The Hall–Kier alpha value is -1.12. The van der Waals surface area contributed by atoms with E-state index in [0.29, 0.717) is 11.7 Å². The molecule has 3 unspecified atom stereocenters. The van der Waals surface area contributed by atoms with E-state index in [9.17, 15) is 4.79 Å². The zero-order valence-electron chi connectivity index (χ0n) is 11.2. The zero-order valence-corrected chi connectivity index (χ0v) is 11.2. The number of hydrogen-bond donors (Lipinski definition) is 0. The number of aromatic nitrogens is 2. The summed E-state index contributed by atoms with van der Waals surface area (Å²) in [5.74, 6) is 1.93. The van der Waals surface area contributed by atoms with Crippen molar-refractivity contribution >= 4 is 5.78 Å². The number of carbonyl (C=O) groups excluding carboxylic acids is 1. The summed E-state index contributed by atoms with van der Waals surface area (Å²) in [6, 6.07) is 0. The number of Topliss-reactive ketones (excluding diaryl/α,β-unsaturated/α-hetero) is 1. The highest BCUT2D eigenvalue weighted by Crippen LogP contribution is 2.35. The van der Waals surface area contributed by atoms with Gasteiger partial charge in [0.15, 0.2) is 5.78 Å². The van der Waals surface area contributed by atoms with Crippen LogP contribution in [0.25, 0.3) is 0 Å². The fourth-order valence-electron chi connectivity index (χ4n) is 2.75. The van der Waals surface area contributed by atoms with Gasteiger partial charge in [0.2, 0.25) is 0 Å². The van der Waals surface area contributed by atoms with Gasteiger partial charge in [-0.3, -0.25) is 9.48 Å². The molecule has 1 aromatic heterocycles. The second kappa shape index (κ2) is 4.63. The second-order valence-electron chi connectivity index (χ2n) is 5.60. The van der Waals surface area contributed by atoms with Gasteiger partial charge in [-0.15, -0.1) is 0 Å². The van der Waals surface area contributed by atoms with E-state index in [1.165, 1.54) is 6.42 Å². The molecule has 0 radical (unpaired) electrons. The molecule has 0 aromatic carbocycles. The summed E-state index contributed by atoms with van der Waals surface area (Å²) in [4.78, 5) is 12.4. The van der Waals surface area contributed by atoms with Crippen LogP contribution in [0.5, 0.6) is 0 Å². The van der Waals surface area contributed by atoms with Gasteiger partial charge in [-0.1, -0.05) is 13.8 Å². The summed E-state index contributed by atoms with van der Waals surface area (Å²) in [6.45, 7) is 6.52. The Labute approximate surface area is 103 Å². The van der Waals surface area contributed by atoms with Crippen LogP contribution in [0, 0.1) is 24.7 Å². The van der Waals surface area contributed by atoms with Crippen molar-refractivity contribution < 1.29 is 4.79 Å². The van der Waals surface area contributed by atoms with Crippen LogP contribution in [0.4, 0.5) is 0 Å². The third-order valence-corrected chi connectivity index (χ3v) is 4.47. The smallest absolute Gasteiger partial charge is 0.169 e. The first kappa shape index (κ1) is 12.3. The molecule has 3 heteroatoms. The van der Waals surface area contributed by atoms with Crippen molar-refractivity contribution in [1.29, 1.82) is 0 Å². The summed E-state index contributed by atoms with van der Waals surface area (Å²) >= 11 is 0. The van der Waals surface area contributed by atoms with Crippen LogP contribution >= 0.6 is 0 Å². The number of nitrogens with zero attached hydrogens (tertiary/aromatic N) is 2. The number of rotatable bonds is 2. The van der Waals surface area contributed by atoms with E-state index in [2.05, 4.69) is 18.9 Å². The molecule has 0 amide bonds. The van der Waals surface area contributed by atoms with Gasteiger partial charge in [0.05, 0.1) is 11.8 Å². The van der Waals surface area contributed by atoms with Crippen LogP contribution in [0.2, 0.25) is 0 Å². The van der Waals surface area contributed by atoms with Crippen LogP contribution in [-0.2, 0) is 7.05 Å². The van der Waals surface area contributed by atoms with Gasteiger partial charge in [-0.2, -0.15) is 5.10 Å². The summed E-state index contributed by atoms with van der Waals surface area (Å²) in [6.07, 6.45) is 4.98. The molecule has 1 saturated carbocycles. The minimum absolute atomic E-state index is 0.212. The van der Waals surface area contributed by atoms with Crippen molar-refractivity contribution in [3.05, 3.63) is 17.5 Å². The Morgan fingerprint density at radius 3 is 2.59 bits per heavy atom. The van der Waals surface area contributed by atoms with Crippen LogP contribution < -0.4 is 0 Å². The second-order valence-corrected chi connectivity index (χ2v) is 5.60. The predicted octanol–water partition coefficient (Wildman–Crippen LogP) is 2.98. The maximum absolute atomic E-state index is 12.4. The molecule has 94 valence electrons. The van der Waals surface area contributed by atoms with E-state index in [1.54, 1.807) is 10.9 Å². The number of carbonyl (C=O) groups is 1. The standard InChI is InChI=1S/C14H22N2O/c1-9-5-6-12(7-10(9)2)14(17)13-8-15-16(4)11(13)3/h8-10,12H,5-7H2,1-4H3. The van der Waals surface area contributed by atoms with Crippen LogP contribution in [-0.4, -0.2) is 15.6 Å². The zero-order chi connectivity index (χ0) is 12.6. The maximum atomic E-state index is 12.4. The minimum atomic E-state index is 0.212. The van der Waals surface area contributed by atoms with Gasteiger partial charge < -0.3 is 0 Å². The average Bonchev–Trinajstić information content (AvgIpc) is 2.63. The van der Waals surface area contributed by atoms with Crippen LogP contribution in [0.1, 0.15) is 49.2 Å². The van der Waals surface area contributed by atoms with E-state index in [1.807, 2.05) is 14.0 Å². The van der Waals surface area contributed by atoms with Crippen molar-refractivity contribution in [2.24, 2.45) is 24.8 Å². The van der Waals surface area contributed by atoms with Gasteiger partial charge >= 0.3 is 0 Å². The molecule has 1 aliphatic rings. The molecule has 3 nitrogen and oxygen atoms in total. The third-order valence-electron chi connectivity index (χ3n) is 4.47. The topological polar surface area (TPSA) is 34.9 Å². The number of hydrogen-bond acceptors (Lipinski definition) is 2. The Bertz CT molecular complexity index is 422. The van der Waals surface area contributed by atoms with Gasteiger partial charge in [-0.05, 0) is 38.0 Å². The first-order chi connectivity index (χ1) is 8.00. The Balaban J connectivity index is 2.13. The third kappa shape index (κ3) is 2.28. The molecular formula is C14H22N2O. The highest BCUT2D eigenvalue weighted by atomic mass is 16.1. The highest BCUT2D eigenvalue weighted by Gasteiger charge is 2.30. The molecule has 1 fully saturated rings. The molecule has 1 heterocycles. The minimum Gasteiger partial charge on any atom is -0.294 e. The summed E-state index contributed by atoms with van der Waals surface area (Å²) in [7, 11) is 1.89. The average molecular weight is 234 g/mol. The SMILES string of the molecule is Cc1c(C(=O)C2CCC(C)C(C)C2)cnn1C. The van der Waals surface area contributed by atoms with E-state index < -0.39 is 0 Å². The summed E-state index contributed by atoms with van der Waals surface area (Å²) < 4.78 is 1.78. The lowest BCUT2D eigenvalue weighted by atomic mass is 9.73. The molecule has 0 bridgehead atoms. The quantitative estimate of drug-likeness (QED) is 0.737. The van der Waals surface area contributed by atoms with E-state index in [-0.39, 0.29) is 5.92 Å². The molecule has 0 spiro atoms. The van der Waals surface area contributed by atoms with Crippen LogP contribution in [0.3, 0.4) is 0 Å². The van der Waals surface area contributed by atoms with Gasteiger partial charge in [-0.25, -0.2) is 0 Å². The lowest BCUT2D eigenvalue weighted by Crippen LogP contribution is -2.26. The lowest BCUT2D eigenvalue weighted by molar-refractivity contribution is 0.0837. The molecule has 1 aliphatic carbocycles. The molecule has 0 aliphatic heterocycles. The van der Waals surface area contributed by atoms with Crippen molar-refractivity contribution in [2.75, 3.05) is 0 Å². The van der Waals surface area contributed by atoms with E-state index >= 15 is 0 Å². The van der Waals surface area contributed by atoms with Crippen molar-refractivity contribution in [3.8, 4) is 0 Å². The fraction of sp³-hybridized carbons (Fsp3) is 0.714. The molecular weight excluding hydrogens is 212 g/mol. The predicted molar refractivity (Wildman–Crippen MR) is 67.9 cm³/mol. The van der Waals surface area contributed by atoms with E-state index in [4.69, 9.17) is 0 Å².